The van der Waals surface area contributed by atoms with Crippen molar-refractivity contribution in [2.24, 2.45) is 0 Å². The zero-order valence-corrected chi connectivity index (χ0v) is 10.1. The Morgan fingerprint density at radius 3 is 2.44 bits per heavy atom. The Hall–Kier alpha value is -1.83. The molecule has 2 atom stereocenters. The summed E-state index contributed by atoms with van der Waals surface area (Å²) in [5.74, 6) is 1.21. The van der Waals surface area contributed by atoms with Gasteiger partial charge in [0.15, 0.2) is 6.29 Å². The first-order valence-electron chi connectivity index (χ1n) is 6.60. The third-order valence-electron chi connectivity index (χ3n) is 4.74. The molecule has 1 unspecified atom stereocenters. The highest BCUT2D eigenvalue weighted by Gasteiger charge is 2.40. The lowest BCUT2D eigenvalue weighted by Gasteiger charge is -2.21. The van der Waals surface area contributed by atoms with E-state index in [1.165, 1.54) is 35.8 Å². The van der Waals surface area contributed by atoms with Crippen LogP contribution in [0.5, 0.6) is 0 Å². The van der Waals surface area contributed by atoms with E-state index in [4.69, 9.17) is 5.73 Å². The number of hydrogen-bond donors (Lipinski definition) is 1. The number of hydrogen-bond acceptors (Lipinski definition) is 2. The van der Waals surface area contributed by atoms with E-state index in [1.807, 2.05) is 12.1 Å². The van der Waals surface area contributed by atoms with Gasteiger partial charge in [0.1, 0.15) is 0 Å². The second kappa shape index (κ2) is 3.35. The highest BCUT2D eigenvalue weighted by molar-refractivity contribution is 6.05. The third kappa shape index (κ3) is 1.06. The molecule has 2 aliphatic rings. The molecule has 4 rings (SSSR count). The lowest BCUT2D eigenvalue weighted by molar-refractivity contribution is 0.112. The van der Waals surface area contributed by atoms with Gasteiger partial charge < -0.3 is 5.73 Å². The molecule has 0 saturated heterocycles. The summed E-state index contributed by atoms with van der Waals surface area (Å²) in [7, 11) is 0. The molecule has 0 heterocycles. The van der Waals surface area contributed by atoms with Crippen LogP contribution < -0.4 is 5.73 Å². The lowest BCUT2D eigenvalue weighted by Crippen LogP contribution is -2.07. The predicted molar refractivity (Wildman–Crippen MR) is 73.1 cm³/mol. The van der Waals surface area contributed by atoms with Gasteiger partial charge in [-0.05, 0) is 47.6 Å². The van der Waals surface area contributed by atoms with E-state index in [0.717, 1.165) is 17.2 Å². The van der Waals surface area contributed by atoms with Gasteiger partial charge in [-0.3, -0.25) is 4.79 Å². The van der Waals surface area contributed by atoms with Crippen LogP contribution in [-0.2, 0) is 0 Å². The number of rotatable bonds is 1. The van der Waals surface area contributed by atoms with E-state index >= 15 is 0 Å². The molecule has 90 valence electrons. The summed E-state index contributed by atoms with van der Waals surface area (Å²) in [6.45, 7) is 0. The fourth-order valence-electron chi connectivity index (χ4n) is 4.05. The molecule has 2 aliphatic carbocycles. The van der Waals surface area contributed by atoms with E-state index in [9.17, 15) is 4.79 Å². The first-order chi connectivity index (χ1) is 8.81. The molecule has 2 N–H and O–H groups in total. The summed E-state index contributed by atoms with van der Waals surface area (Å²) in [6.07, 6.45) is 4.66. The molecule has 0 spiro atoms. The second-order valence-electron chi connectivity index (χ2n) is 5.53. The van der Waals surface area contributed by atoms with Gasteiger partial charge in [0, 0.05) is 10.9 Å². The molecule has 0 radical (unpaired) electrons. The van der Waals surface area contributed by atoms with Crippen molar-refractivity contribution < 1.29 is 4.79 Å². The largest absolute Gasteiger partial charge is 0.398 e. The zero-order chi connectivity index (χ0) is 12.3. The topological polar surface area (TPSA) is 43.1 Å². The van der Waals surface area contributed by atoms with Crippen molar-refractivity contribution >= 4 is 22.7 Å². The van der Waals surface area contributed by atoms with Crippen LogP contribution in [0.2, 0.25) is 0 Å². The number of benzene rings is 2. The zero-order valence-electron chi connectivity index (χ0n) is 10.1. The summed E-state index contributed by atoms with van der Waals surface area (Å²) in [4.78, 5) is 11.4. The number of anilines is 1. The van der Waals surface area contributed by atoms with Gasteiger partial charge in [-0.15, -0.1) is 0 Å². The van der Waals surface area contributed by atoms with Crippen molar-refractivity contribution in [3.63, 3.8) is 0 Å². The van der Waals surface area contributed by atoms with E-state index in [0.29, 0.717) is 17.5 Å². The van der Waals surface area contributed by atoms with Crippen molar-refractivity contribution in [1.29, 1.82) is 0 Å². The highest BCUT2D eigenvalue weighted by atomic mass is 16.1. The number of nitrogens with two attached hydrogens (primary N) is 1. The van der Waals surface area contributed by atoms with Gasteiger partial charge in [-0.1, -0.05) is 24.3 Å². The summed E-state index contributed by atoms with van der Waals surface area (Å²) in [5.41, 5.74) is 10.3. The first-order valence-corrected chi connectivity index (χ1v) is 6.60. The second-order valence-corrected chi connectivity index (χ2v) is 5.53. The maximum absolute atomic E-state index is 11.4. The van der Waals surface area contributed by atoms with Gasteiger partial charge in [0.2, 0.25) is 0 Å². The number of aldehydes is 1. The van der Waals surface area contributed by atoms with Crippen LogP contribution in [0.25, 0.3) is 10.8 Å². The molecule has 0 amide bonds. The van der Waals surface area contributed by atoms with Crippen LogP contribution >= 0.6 is 0 Å². The van der Waals surface area contributed by atoms with Crippen molar-refractivity contribution in [3.05, 3.63) is 41.0 Å². The molecule has 2 bridgehead atoms. The average molecular weight is 237 g/mol. The Morgan fingerprint density at radius 1 is 1.06 bits per heavy atom. The van der Waals surface area contributed by atoms with E-state index in [-0.39, 0.29) is 0 Å². The molecule has 18 heavy (non-hydrogen) atoms. The normalized spacial score (nSPS) is 24.4. The Bertz CT molecular complexity index is 674. The SMILES string of the molecule is Nc1c(C=O)c2c(c3ccccc13)[C@@H]1CCC2C1. The molecular formula is C16H15NO. The maximum atomic E-state index is 11.4. The van der Waals surface area contributed by atoms with Gasteiger partial charge in [0.05, 0.1) is 5.69 Å². The van der Waals surface area contributed by atoms with Crippen LogP contribution in [0.15, 0.2) is 24.3 Å². The number of nitrogen functional groups attached to an aromatic ring is 1. The van der Waals surface area contributed by atoms with Crippen LogP contribution in [0, 0.1) is 0 Å². The number of carbonyl (C=O) groups is 1. The van der Waals surface area contributed by atoms with Crippen molar-refractivity contribution in [2.45, 2.75) is 31.1 Å². The summed E-state index contributed by atoms with van der Waals surface area (Å²) in [5, 5.41) is 2.31. The van der Waals surface area contributed by atoms with Crippen LogP contribution in [0.1, 0.15) is 52.6 Å². The Kier molecular flexibility index (Phi) is 1.88. The predicted octanol–water partition coefficient (Wildman–Crippen LogP) is 3.60. The van der Waals surface area contributed by atoms with E-state index < -0.39 is 0 Å². The van der Waals surface area contributed by atoms with E-state index in [1.54, 1.807) is 0 Å². The smallest absolute Gasteiger partial charge is 0.152 e. The molecule has 1 fully saturated rings. The summed E-state index contributed by atoms with van der Waals surface area (Å²) in [6, 6.07) is 8.24. The molecule has 2 aromatic rings. The number of carbonyl (C=O) groups excluding carboxylic acids is 1. The molecule has 0 aliphatic heterocycles. The van der Waals surface area contributed by atoms with Crippen molar-refractivity contribution in [1.82, 2.24) is 0 Å². The fourth-order valence-corrected chi connectivity index (χ4v) is 4.05. The molecule has 2 nitrogen and oxygen atoms in total. The quantitative estimate of drug-likeness (QED) is 0.608. The van der Waals surface area contributed by atoms with Gasteiger partial charge in [-0.25, -0.2) is 0 Å². The van der Waals surface area contributed by atoms with Crippen molar-refractivity contribution in [2.75, 3.05) is 5.73 Å². The molecule has 2 heteroatoms. The maximum Gasteiger partial charge on any atom is 0.152 e. The van der Waals surface area contributed by atoms with Crippen molar-refractivity contribution in [3.8, 4) is 0 Å². The van der Waals surface area contributed by atoms with E-state index in [2.05, 4.69) is 12.1 Å². The minimum atomic E-state index is 0.567. The Balaban J connectivity index is 2.21. The monoisotopic (exact) mass is 237 g/mol. The number of fused-ring (bicyclic) bond motifs is 7. The summed E-state index contributed by atoms with van der Waals surface area (Å²) >= 11 is 0. The Labute approximate surface area is 106 Å². The highest BCUT2D eigenvalue weighted by Crippen LogP contribution is 2.57. The first kappa shape index (κ1) is 10.1. The minimum Gasteiger partial charge on any atom is -0.398 e. The average Bonchev–Trinajstić information content (AvgIpc) is 3.01. The fraction of sp³-hybridized carbons (Fsp3) is 0.312. The van der Waals surface area contributed by atoms with Crippen LogP contribution in [0.4, 0.5) is 5.69 Å². The Morgan fingerprint density at radius 2 is 1.72 bits per heavy atom. The molecule has 2 aromatic carbocycles. The molecular weight excluding hydrogens is 222 g/mol. The van der Waals surface area contributed by atoms with Gasteiger partial charge in [0.25, 0.3) is 0 Å². The van der Waals surface area contributed by atoms with Gasteiger partial charge >= 0.3 is 0 Å². The van der Waals surface area contributed by atoms with Crippen LogP contribution in [-0.4, -0.2) is 6.29 Å². The standard InChI is InChI=1S/C16H15NO/c17-16-12-4-2-1-3-11(12)14-9-5-6-10(7-9)15(14)13(16)8-18/h1-4,8-10H,5-7,17H2/t9-,10?/m1/s1. The molecule has 1 saturated carbocycles. The summed E-state index contributed by atoms with van der Waals surface area (Å²) < 4.78 is 0. The third-order valence-corrected chi connectivity index (χ3v) is 4.74. The molecule has 0 aromatic heterocycles. The van der Waals surface area contributed by atoms with Crippen LogP contribution in [0.3, 0.4) is 0 Å². The minimum absolute atomic E-state index is 0.567. The van der Waals surface area contributed by atoms with Gasteiger partial charge in [-0.2, -0.15) is 0 Å². The lowest BCUT2D eigenvalue weighted by atomic mass is 9.84.